The highest BCUT2D eigenvalue weighted by molar-refractivity contribution is 7.91. The third kappa shape index (κ3) is 6.00. The van der Waals surface area contributed by atoms with Crippen LogP contribution in [-0.2, 0) is 16.4 Å². The lowest BCUT2D eigenvalue weighted by molar-refractivity contribution is 0.0159. The predicted molar refractivity (Wildman–Crippen MR) is 141 cm³/mol. The number of pyridine rings is 1. The van der Waals surface area contributed by atoms with E-state index in [9.17, 15) is 27.8 Å². The summed E-state index contributed by atoms with van der Waals surface area (Å²) >= 11 is 0. The number of carbonyl (C=O) groups is 1. The summed E-state index contributed by atoms with van der Waals surface area (Å²) in [6.45, 7) is 0.358. The number of hydrogen-bond acceptors (Lipinski definition) is 7. The van der Waals surface area contributed by atoms with Crippen molar-refractivity contribution >= 4 is 21.4 Å². The molecule has 1 aliphatic rings. The van der Waals surface area contributed by atoms with E-state index in [1.165, 1.54) is 42.5 Å². The maximum Gasteiger partial charge on any atom is 0.251 e. The minimum atomic E-state index is -3.97. The molecule has 5 rings (SSSR count). The minimum Gasteiger partial charge on any atom is -0.389 e. The van der Waals surface area contributed by atoms with Gasteiger partial charge in [-0.2, -0.15) is 0 Å². The number of aromatic nitrogens is 2. The van der Waals surface area contributed by atoms with Gasteiger partial charge in [-0.3, -0.25) is 10.1 Å². The minimum absolute atomic E-state index is 0.0896. The summed E-state index contributed by atoms with van der Waals surface area (Å²) in [5.74, 6) is 3.64. The van der Waals surface area contributed by atoms with Crippen LogP contribution in [0.5, 0.6) is 0 Å². The largest absolute Gasteiger partial charge is 0.389 e. The lowest BCUT2D eigenvalue weighted by Crippen LogP contribution is -2.32. The first-order valence-electron chi connectivity index (χ1n) is 12.1. The van der Waals surface area contributed by atoms with Crippen molar-refractivity contribution < 1.29 is 27.8 Å². The molecule has 3 unspecified atom stereocenters. The van der Waals surface area contributed by atoms with Crippen LogP contribution in [0.3, 0.4) is 0 Å². The third-order valence-electron chi connectivity index (χ3n) is 6.51. The third-order valence-corrected chi connectivity index (χ3v) is 8.40. The molecule has 0 saturated carbocycles. The zero-order valence-electron chi connectivity index (χ0n) is 20.6. The Morgan fingerprint density at radius 3 is 2.64 bits per heavy atom. The molecule has 200 valence electrons. The Bertz CT molecular complexity index is 1690. The van der Waals surface area contributed by atoms with Gasteiger partial charge in [0.1, 0.15) is 17.7 Å². The van der Waals surface area contributed by atoms with E-state index < -0.39 is 45.6 Å². The summed E-state index contributed by atoms with van der Waals surface area (Å²) in [7, 11) is -3.97. The van der Waals surface area contributed by atoms with Crippen molar-refractivity contribution in [2.24, 2.45) is 5.92 Å². The number of hydrogen-bond donors (Lipinski definition) is 4. The second kappa shape index (κ2) is 11.0. The molecule has 3 heterocycles. The summed E-state index contributed by atoms with van der Waals surface area (Å²) in [5.41, 5.74) is 2.33. The number of sulfone groups is 1. The molecule has 4 aromatic rings. The SMILES string of the molecule is O=C(NCc1ccn2ccnc2c1)c1ccc(S(=O)(=O)CC2CNC(O)C2O)c(C#Cc2ccc(F)cc2)c1. The lowest BCUT2D eigenvalue weighted by Gasteiger charge is -2.16. The second-order valence-electron chi connectivity index (χ2n) is 9.26. The number of aliphatic hydroxyl groups is 2. The Kier molecular flexibility index (Phi) is 7.45. The molecule has 0 aliphatic carbocycles. The highest BCUT2D eigenvalue weighted by Crippen LogP contribution is 2.24. The fourth-order valence-corrected chi connectivity index (χ4v) is 6.14. The van der Waals surface area contributed by atoms with Crippen molar-refractivity contribution in [3.63, 3.8) is 0 Å². The molecule has 1 aliphatic heterocycles. The van der Waals surface area contributed by atoms with Crippen molar-refractivity contribution in [3.8, 4) is 11.8 Å². The Labute approximate surface area is 224 Å². The van der Waals surface area contributed by atoms with Gasteiger partial charge in [-0.25, -0.2) is 17.8 Å². The lowest BCUT2D eigenvalue weighted by atomic mass is 10.1. The number of rotatable bonds is 6. The first kappa shape index (κ1) is 26.5. The molecular weight excluding hydrogens is 523 g/mol. The van der Waals surface area contributed by atoms with Crippen molar-refractivity contribution in [2.75, 3.05) is 12.3 Å². The van der Waals surface area contributed by atoms with E-state index in [2.05, 4.69) is 27.5 Å². The molecule has 0 radical (unpaired) electrons. The van der Waals surface area contributed by atoms with Gasteiger partial charge in [-0.05, 0) is 60.2 Å². The van der Waals surface area contributed by atoms with Crippen LogP contribution in [0.4, 0.5) is 4.39 Å². The Morgan fingerprint density at radius 1 is 1.10 bits per heavy atom. The molecule has 2 aromatic carbocycles. The Hall–Kier alpha value is -4.08. The molecule has 2 aromatic heterocycles. The molecule has 11 heteroatoms. The van der Waals surface area contributed by atoms with E-state index in [-0.39, 0.29) is 29.1 Å². The van der Waals surface area contributed by atoms with Crippen LogP contribution in [0.2, 0.25) is 0 Å². The van der Waals surface area contributed by atoms with Crippen molar-refractivity contribution in [1.82, 2.24) is 20.0 Å². The van der Waals surface area contributed by atoms with E-state index in [1.807, 2.05) is 28.9 Å². The quantitative estimate of drug-likeness (QED) is 0.268. The molecule has 39 heavy (non-hydrogen) atoms. The maximum absolute atomic E-state index is 13.3. The summed E-state index contributed by atoms with van der Waals surface area (Å²) in [5, 5.41) is 25.3. The number of aliphatic hydroxyl groups excluding tert-OH is 2. The number of nitrogens with one attached hydrogen (secondary N) is 2. The smallest absolute Gasteiger partial charge is 0.251 e. The summed E-state index contributed by atoms with van der Waals surface area (Å²) < 4.78 is 41.8. The van der Waals surface area contributed by atoms with Gasteiger partial charge in [0, 0.05) is 54.3 Å². The summed E-state index contributed by atoms with van der Waals surface area (Å²) in [6.07, 6.45) is 2.88. The average molecular weight is 549 g/mol. The zero-order chi connectivity index (χ0) is 27.6. The van der Waals surface area contributed by atoms with Gasteiger partial charge in [-0.15, -0.1) is 0 Å². The Morgan fingerprint density at radius 2 is 1.90 bits per heavy atom. The molecule has 4 N–H and O–H groups in total. The van der Waals surface area contributed by atoms with Crippen LogP contribution in [-0.4, -0.2) is 58.6 Å². The van der Waals surface area contributed by atoms with Gasteiger partial charge in [0.05, 0.1) is 16.8 Å². The van der Waals surface area contributed by atoms with Crippen molar-refractivity contribution in [3.05, 3.63) is 101 Å². The molecular formula is C28H25FN4O5S. The number of imidazole rings is 1. The van der Waals surface area contributed by atoms with Gasteiger partial charge >= 0.3 is 0 Å². The number of amides is 1. The highest BCUT2D eigenvalue weighted by Gasteiger charge is 2.37. The fourth-order valence-electron chi connectivity index (χ4n) is 4.36. The van der Waals surface area contributed by atoms with Gasteiger partial charge in [0.25, 0.3) is 5.91 Å². The van der Waals surface area contributed by atoms with Crippen LogP contribution >= 0.6 is 0 Å². The van der Waals surface area contributed by atoms with Gasteiger partial charge < -0.3 is 19.9 Å². The number of fused-ring (bicyclic) bond motifs is 1. The molecule has 1 amide bonds. The van der Waals surface area contributed by atoms with E-state index >= 15 is 0 Å². The summed E-state index contributed by atoms with van der Waals surface area (Å²) in [6, 6.07) is 13.2. The van der Waals surface area contributed by atoms with Crippen LogP contribution in [0.1, 0.15) is 27.0 Å². The van der Waals surface area contributed by atoms with Crippen LogP contribution in [0.15, 0.2) is 78.1 Å². The van der Waals surface area contributed by atoms with Gasteiger partial charge in [0.15, 0.2) is 9.84 Å². The van der Waals surface area contributed by atoms with E-state index in [1.54, 1.807) is 6.20 Å². The van der Waals surface area contributed by atoms with Gasteiger partial charge in [-0.1, -0.05) is 11.8 Å². The van der Waals surface area contributed by atoms with Crippen LogP contribution in [0, 0.1) is 23.6 Å². The van der Waals surface area contributed by atoms with Crippen molar-refractivity contribution in [1.29, 1.82) is 0 Å². The number of nitrogens with zero attached hydrogens (tertiary/aromatic N) is 2. The predicted octanol–water partition coefficient (Wildman–Crippen LogP) is 1.48. The molecule has 0 bridgehead atoms. The Balaban J connectivity index is 1.42. The second-order valence-corrected chi connectivity index (χ2v) is 11.3. The number of benzene rings is 2. The fraction of sp³-hybridized carbons (Fsp3) is 0.214. The molecule has 9 nitrogen and oxygen atoms in total. The first-order chi connectivity index (χ1) is 18.7. The monoisotopic (exact) mass is 548 g/mol. The normalized spacial score (nSPS) is 19.0. The molecule has 1 saturated heterocycles. The topological polar surface area (TPSA) is 133 Å². The van der Waals surface area contributed by atoms with Crippen molar-refractivity contribution in [2.45, 2.75) is 23.8 Å². The highest BCUT2D eigenvalue weighted by atomic mass is 32.2. The van der Waals surface area contributed by atoms with E-state index in [4.69, 9.17) is 0 Å². The summed E-state index contributed by atoms with van der Waals surface area (Å²) in [4.78, 5) is 17.1. The zero-order valence-corrected chi connectivity index (χ0v) is 21.4. The maximum atomic E-state index is 13.3. The van der Waals surface area contributed by atoms with E-state index in [0.29, 0.717) is 5.56 Å². The average Bonchev–Trinajstić information content (AvgIpc) is 3.52. The van der Waals surface area contributed by atoms with E-state index in [0.717, 1.165) is 11.2 Å². The number of halogens is 1. The van der Waals surface area contributed by atoms with Gasteiger partial charge in [0.2, 0.25) is 0 Å². The molecule has 0 spiro atoms. The number of carbonyl (C=O) groups excluding carboxylic acids is 1. The molecule has 3 atom stereocenters. The standard InChI is InChI=1S/C28H25FN4O5S/c29-23-6-2-18(3-7-23)1-4-20-14-21(27(35)31-15-19-9-11-33-12-10-30-25(33)13-19)5-8-24(20)39(37,38)17-22-16-32-28(36)26(22)34/h2-3,5-14,22,26,28,32,34,36H,15-17H2,(H,31,35). The molecule has 1 fully saturated rings. The first-order valence-corrected chi connectivity index (χ1v) is 13.8. The van der Waals surface area contributed by atoms with Crippen LogP contribution < -0.4 is 10.6 Å². The van der Waals surface area contributed by atoms with Crippen LogP contribution in [0.25, 0.3) is 5.65 Å².